The summed E-state index contributed by atoms with van der Waals surface area (Å²) in [7, 11) is 0. The van der Waals surface area contributed by atoms with Crippen molar-refractivity contribution in [1.82, 2.24) is 0 Å². The number of anilines is 1. The van der Waals surface area contributed by atoms with Crippen molar-refractivity contribution in [3.05, 3.63) is 108 Å². The van der Waals surface area contributed by atoms with E-state index in [4.69, 9.17) is 0 Å². The number of nitrogens with zero attached hydrogens (tertiary/aromatic N) is 1. The average molecular weight is 382 g/mol. The van der Waals surface area contributed by atoms with Crippen LogP contribution in [0.1, 0.15) is 43.9 Å². The third kappa shape index (κ3) is 3.51. The molecule has 1 atom stereocenters. The van der Waals surface area contributed by atoms with Crippen LogP contribution in [-0.2, 0) is 10.2 Å². The first-order valence-electron chi connectivity index (χ1n) is 10.1. The molecule has 0 aliphatic carbocycles. The molecule has 1 heterocycles. The summed E-state index contributed by atoms with van der Waals surface area (Å²) in [6.07, 6.45) is 4.44. The second-order valence-electron chi connectivity index (χ2n) is 8.62. The van der Waals surface area contributed by atoms with Gasteiger partial charge in [-0.2, -0.15) is 0 Å². The molecule has 0 saturated heterocycles. The van der Waals surface area contributed by atoms with E-state index in [9.17, 15) is 4.79 Å². The Hall–Kier alpha value is -3.13. The highest BCUT2D eigenvalue weighted by molar-refractivity contribution is 6.06. The third-order valence-electron chi connectivity index (χ3n) is 5.98. The van der Waals surface area contributed by atoms with Crippen LogP contribution < -0.4 is 4.90 Å². The van der Waals surface area contributed by atoms with Gasteiger partial charge in [-0.05, 0) is 49.1 Å². The van der Waals surface area contributed by atoms with Crippen LogP contribution in [0.4, 0.5) is 5.69 Å². The molecule has 0 unspecified atom stereocenters. The average Bonchev–Trinajstić information content (AvgIpc) is 2.73. The number of benzene rings is 3. The largest absolute Gasteiger partial charge is 0.303 e. The van der Waals surface area contributed by atoms with Crippen LogP contribution in [0.5, 0.6) is 0 Å². The highest BCUT2D eigenvalue weighted by Crippen LogP contribution is 2.50. The highest BCUT2D eigenvalue weighted by Gasteiger charge is 2.47. The van der Waals surface area contributed by atoms with Gasteiger partial charge in [0, 0.05) is 22.7 Å². The minimum Gasteiger partial charge on any atom is -0.303 e. The zero-order chi connectivity index (χ0) is 20.5. The van der Waals surface area contributed by atoms with Crippen LogP contribution in [0.3, 0.4) is 0 Å². The predicted octanol–water partition coefficient (Wildman–Crippen LogP) is 6.22. The fraction of sp³-hybridized carbons (Fsp3) is 0.222. The van der Waals surface area contributed by atoms with E-state index in [1.165, 1.54) is 11.1 Å². The van der Waals surface area contributed by atoms with Crippen molar-refractivity contribution in [2.75, 3.05) is 4.90 Å². The molecule has 1 aliphatic heterocycles. The maximum absolute atomic E-state index is 13.3. The van der Waals surface area contributed by atoms with E-state index in [0.717, 1.165) is 17.7 Å². The van der Waals surface area contributed by atoms with Gasteiger partial charge in [-0.25, -0.2) is 0 Å². The number of hydrogen-bond donors (Lipinski definition) is 0. The van der Waals surface area contributed by atoms with Crippen molar-refractivity contribution in [2.24, 2.45) is 0 Å². The van der Waals surface area contributed by atoms with Gasteiger partial charge in [0.25, 0.3) is 5.91 Å². The lowest BCUT2D eigenvalue weighted by Crippen LogP contribution is -2.55. The topological polar surface area (TPSA) is 20.3 Å². The summed E-state index contributed by atoms with van der Waals surface area (Å²) in [6, 6.07) is 28.9. The molecule has 1 amide bonds. The third-order valence-corrected chi connectivity index (χ3v) is 5.98. The van der Waals surface area contributed by atoms with Gasteiger partial charge in [0.2, 0.25) is 0 Å². The molecule has 4 rings (SSSR count). The van der Waals surface area contributed by atoms with Gasteiger partial charge >= 0.3 is 0 Å². The van der Waals surface area contributed by atoms with Gasteiger partial charge in [-0.15, -0.1) is 0 Å². The number of fused-ring (bicyclic) bond motifs is 1. The summed E-state index contributed by atoms with van der Waals surface area (Å²) >= 11 is 0. The molecule has 3 aromatic rings. The van der Waals surface area contributed by atoms with Gasteiger partial charge in [-0.1, -0.05) is 85.8 Å². The number of rotatable bonds is 3. The monoisotopic (exact) mass is 381 g/mol. The molecule has 0 N–H and O–H groups in total. The molecular formula is C27H27NO. The number of carbonyl (C=O) groups is 1. The lowest BCUT2D eigenvalue weighted by molar-refractivity contribution is -0.115. The second kappa shape index (κ2) is 7.36. The summed E-state index contributed by atoms with van der Waals surface area (Å²) in [6.45, 7) is 6.63. The van der Waals surface area contributed by atoms with E-state index in [1.807, 2.05) is 47.4 Å². The molecule has 0 radical (unpaired) electrons. The predicted molar refractivity (Wildman–Crippen MR) is 121 cm³/mol. The van der Waals surface area contributed by atoms with Crippen LogP contribution in [0, 0.1) is 0 Å². The molecule has 0 fully saturated rings. The first-order valence-corrected chi connectivity index (χ1v) is 10.1. The molecular weight excluding hydrogens is 354 g/mol. The Morgan fingerprint density at radius 3 is 2.10 bits per heavy atom. The Morgan fingerprint density at radius 1 is 0.828 bits per heavy atom. The fourth-order valence-corrected chi connectivity index (χ4v) is 4.79. The number of hydrogen-bond acceptors (Lipinski definition) is 1. The van der Waals surface area contributed by atoms with E-state index < -0.39 is 0 Å². The molecule has 0 aromatic heterocycles. The van der Waals surface area contributed by atoms with E-state index in [1.54, 1.807) is 6.08 Å². The smallest absolute Gasteiger partial charge is 0.251 e. The van der Waals surface area contributed by atoms with Gasteiger partial charge in [0.05, 0.1) is 0 Å². The summed E-state index contributed by atoms with van der Waals surface area (Å²) < 4.78 is 0. The van der Waals surface area contributed by atoms with Crippen molar-refractivity contribution in [3.8, 4) is 0 Å². The van der Waals surface area contributed by atoms with Crippen molar-refractivity contribution >= 4 is 17.7 Å². The Morgan fingerprint density at radius 2 is 1.41 bits per heavy atom. The molecule has 2 nitrogen and oxygen atoms in total. The summed E-state index contributed by atoms with van der Waals surface area (Å²) in [5.74, 6) is 0.0152. The zero-order valence-electron chi connectivity index (χ0n) is 17.3. The van der Waals surface area contributed by atoms with Crippen molar-refractivity contribution in [1.29, 1.82) is 0 Å². The van der Waals surface area contributed by atoms with Crippen LogP contribution in [-0.4, -0.2) is 11.4 Å². The van der Waals surface area contributed by atoms with Gasteiger partial charge in [0.1, 0.15) is 0 Å². The Bertz CT molecular complexity index is 1040. The fourth-order valence-electron chi connectivity index (χ4n) is 4.79. The maximum Gasteiger partial charge on any atom is 0.251 e. The summed E-state index contributed by atoms with van der Waals surface area (Å²) in [5, 5.41) is 0. The number of amides is 1. The maximum atomic E-state index is 13.3. The quantitative estimate of drug-likeness (QED) is 0.493. The Kier molecular flexibility index (Phi) is 4.87. The van der Waals surface area contributed by atoms with Gasteiger partial charge in [0.15, 0.2) is 0 Å². The van der Waals surface area contributed by atoms with Crippen molar-refractivity contribution in [2.45, 2.75) is 38.1 Å². The Labute approximate surface area is 173 Å². The standard InChI is InChI=1S/C27H27NO/c1-26(2)20-27(3,22-14-8-5-9-15-22)23-16-10-11-17-24(23)28(26)25(29)19-18-21-12-6-4-7-13-21/h4-19H,20H2,1-3H3/t27-/m0/s1. The SMILES string of the molecule is CC1(C)C[C@@](C)(c2ccccc2)c2ccccc2N1C(=O)C=Cc1ccccc1. The summed E-state index contributed by atoms with van der Waals surface area (Å²) in [4.78, 5) is 15.3. The molecule has 2 heteroatoms. The van der Waals surface area contributed by atoms with E-state index in [-0.39, 0.29) is 16.9 Å². The minimum absolute atomic E-state index is 0.0152. The number of carbonyl (C=O) groups excluding carboxylic acids is 1. The number of para-hydroxylation sites is 1. The van der Waals surface area contributed by atoms with E-state index in [2.05, 4.69) is 69.3 Å². The molecule has 0 spiro atoms. The highest BCUT2D eigenvalue weighted by atomic mass is 16.2. The molecule has 146 valence electrons. The van der Waals surface area contributed by atoms with Crippen molar-refractivity contribution < 1.29 is 4.79 Å². The van der Waals surface area contributed by atoms with Crippen LogP contribution in [0.15, 0.2) is 91.0 Å². The first-order chi connectivity index (χ1) is 13.9. The van der Waals surface area contributed by atoms with Gasteiger partial charge < -0.3 is 4.90 Å². The second-order valence-corrected chi connectivity index (χ2v) is 8.62. The summed E-state index contributed by atoms with van der Waals surface area (Å²) in [5.41, 5.74) is 4.04. The minimum atomic E-state index is -0.322. The molecule has 29 heavy (non-hydrogen) atoms. The van der Waals surface area contributed by atoms with E-state index >= 15 is 0 Å². The lowest BCUT2D eigenvalue weighted by atomic mass is 9.65. The lowest BCUT2D eigenvalue weighted by Gasteiger charge is -2.51. The normalized spacial score (nSPS) is 20.4. The van der Waals surface area contributed by atoms with Gasteiger partial charge in [-0.3, -0.25) is 4.79 Å². The zero-order valence-corrected chi connectivity index (χ0v) is 17.3. The van der Waals surface area contributed by atoms with E-state index in [0.29, 0.717) is 0 Å². The first kappa shape index (κ1) is 19.2. The van der Waals surface area contributed by atoms with Crippen LogP contribution in [0.25, 0.3) is 6.08 Å². The molecule has 3 aromatic carbocycles. The molecule has 0 saturated carbocycles. The molecule has 1 aliphatic rings. The van der Waals surface area contributed by atoms with Crippen LogP contribution >= 0.6 is 0 Å². The molecule has 0 bridgehead atoms. The van der Waals surface area contributed by atoms with Crippen molar-refractivity contribution in [3.63, 3.8) is 0 Å². The Balaban J connectivity index is 1.78. The van der Waals surface area contributed by atoms with Crippen LogP contribution in [0.2, 0.25) is 0 Å².